The molecule has 5 nitrogen and oxygen atoms in total. The zero-order valence-electron chi connectivity index (χ0n) is 14.5. The van der Waals surface area contributed by atoms with E-state index in [-0.39, 0.29) is 0 Å². The third-order valence-electron chi connectivity index (χ3n) is 4.73. The van der Waals surface area contributed by atoms with Gasteiger partial charge in [-0.15, -0.1) is 0 Å². The largest absolute Gasteiger partial charge is 0.273 e. The predicted molar refractivity (Wildman–Crippen MR) is 91.2 cm³/mol. The smallest absolute Gasteiger partial charge is 0.181 e. The zero-order valence-corrected chi connectivity index (χ0v) is 14.5. The molecule has 0 spiro atoms. The number of fused-ring (bicyclic) bond motifs is 1. The Morgan fingerprint density at radius 1 is 1.17 bits per heavy atom. The molecule has 1 fully saturated rings. The molecule has 5 heteroatoms. The van der Waals surface area contributed by atoms with Crippen LogP contribution in [0.15, 0.2) is 12.3 Å². The van der Waals surface area contributed by atoms with E-state index < -0.39 is 0 Å². The summed E-state index contributed by atoms with van der Waals surface area (Å²) in [6, 6.07) is 2.20. The van der Waals surface area contributed by atoms with Crippen LogP contribution in [0.25, 0.3) is 16.7 Å². The molecule has 0 N–H and O–H groups in total. The highest BCUT2D eigenvalue weighted by molar-refractivity contribution is 5.77. The molecule has 0 atom stereocenters. The lowest BCUT2D eigenvalue weighted by Gasteiger charge is -2.11. The zero-order chi connectivity index (χ0) is 16.3. The number of nitrogens with zero attached hydrogens (tertiary/aromatic N) is 5. The Balaban J connectivity index is 1.97. The minimum Gasteiger partial charge on any atom is -0.273 e. The number of hydrogen-bond donors (Lipinski definition) is 0. The van der Waals surface area contributed by atoms with Crippen LogP contribution in [0.4, 0.5) is 0 Å². The fourth-order valence-corrected chi connectivity index (χ4v) is 3.63. The van der Waals surface area contributed by atoms with Gasteiger partial charge in [0.05, 0.1) is 17.1 Å². The maximum atomic E-state index is 4.87. The molecule has 0 aromatic carbocycles. The monoisotopic (exact) mass is 309 g/mol. The first-order valence-electron chi connectivity index (χ1n) is 8.36. The van der Waals surface area contributed by atoms with Crippen LogP contribution < -0.4 is 0 Å². The average molecular weight is 309 g/mol. The molecule has 120 valence electrons. The van der Waals surface area contributed by atoms with Crippen LogP contribution in [-0.4, -0.2) is 24.5 Å². The molecular formula is C18H23N5. The lowest BCUT2D eigenvalue weighted by Crippen LogP contribution is -2.06. The van der Waals surface area contributed by atoms with Gasteiger partial charge < -0.3 is 0 Å². The molecule has 3 aromatic rings. The third kappa shape index (κ3) is 2.26. The first kappa shape index (κ1) is 14.4. The molecule has 0 radical (unpaired) electrons. The minimum absolute atomic E-state index is 0.475. The second-order valence-electron chi connectivity index (χ2n) is 7.03. The van der Waals surface area contributed by atoms with E-state index >= 15 is 0 Å². The van der Waals surface area contributed by atoms with Gasteiger partial charge in [0.1, 0.15) is 0 Å². The summed E-state index contributed by atoms with van der Waals surface area (Å²) in [7, 11) is 1.94. The van der Waals surface area contributed by atoms with Gasteiger partial charge in [0.15, 0.2) is 5.65 Å². The van der Waals surface area contributed by atoms with E-state index in [4.69, 9.17) is 10.1 Å². The maximum absolute atomic E-state index is 4.87. The van der Waals surface area contributed by atoms with E-state index in [9.17, 15) is 0 Å². The van der Waals surface area contributed by atoms with Crippen LogP contribution >= 0.6 is 0 Å². The molecule has 3 heterocycles. The molecule has 1 aliphatic carbocycles. The lowest BCUT2D eigenvalue weighted by atomic mass is 10.0. The van der Waals surface area contributed by atoms with Gasteiger partial charge in [-0.05, 0) is 44.2 Å². The van der Waals surface area contributed by atoms with Gasteiger partial charge in [-0.1, -0.05) is 13.8 Å². The van der Waals surface area contributed by atoms with Crippen LogP contribution in [0.5, 0.6) is 0 Å². The van der Waals surface area contributed by atoms with Crippen molar-refractivity contribution in [1.29, 1.82) is 0 Å². The highest BCUT2D eigenvalue weighted by Crippen LogP contribution is 2.42. The van der Waals surface area contributed by atoms with Gasteiger partial charge in [-0.3, -0.25) is 4.68 Å². The van der Waals surface area contributed by atoms with Crippen LogP contribution in [0, 0.1) is 13.8 Å². The van der Waals surface area contributed by atoms with Crippen molar-refractivity contribution in [2.45, 2.75) is 52.4 Å². The van der Waals surface area contributed by atoms with Crippen LogP contribution in [0.1, 0.15) is 61.2 Å². The van der Waals surface area contributed by atoms with Gasteiger partial charge in [-0.25, -0.2) is 9.67 Å². The minimum atomic E-state index is 0.475. The highest BCUT2D eigenvalue weighted by Gasteiger charge is 2.30. The van der Waals surface area contributed by atoms with Gasteiger partial charge >= 0.3 is 0 Å². The molecule has 23 heavy (non-hydrogen) atoms. The van der Waals surface area contributed by atoms with Crippen LogP contribution in [0.3, 0.4) is 0 Å². The van der Waals surface area contributed by atoms with Gasteiger partial charge in [0.2, 0.25) is 0 Å². The second-order valence-corrected chi connectivity index (χ2v) is 7.03. The Hall–Kier alpha value is -2.17. The Kier molecular flexibility index (Phi) is 3.08. The summed E-state index contributed by atoms with van der Waals surface area (Å²) in [5.74, 6) is 1.03. The molecule has 3 aromatic heterocycles. The van der Waals surface area contributed by atoms with E-state index in [1.54, 1.807) is 0 Å². The Labute approximate surface area is 136 Å². The summed E-state index contributed by atoms with van der Waals surface area (Å²) in [4.78, 5) is 4.87. The van der Waals surface area contributed by atoms with Crippen molar-refractivity contribution in [2.24, 2.45) is 7.05 Å². The van der Waals surface area contributed by atoms with Crippen molar-refractivity contribution in [3.63, 3.8) is 0 Å². The average Bonchev–Trinajstić information content (AvgIpc) is 3.18. The number of rotatable bonds is 3. The van der Waals surface area contributed by atoms with Crippen molar-refractivity contribution < 1.29 is 0 Å². The van der Waals surface area contributed by atoms with E-state index in [0.29, 0.717) is 11.8 Å². The topological polar surface area (TPSA) is 48.5 Å². The summed E-state index contributed by atoms with van der Waals surface area (Å²) in [5.41, 5.74) is 6.80. The highest BCUT2D eigenvalue weighted by atomic mass is 15.3. The van der Waals surface area contributed by atoms with E-state index in [2.05, 4.69) is 43.5 Å². The Bertz CT molecular complexity index is 896. The number of pyridine rings is 1. The summed E-state index contributed by atoms with van der Waals surface area (Å²) in [6.07, 6.45) is 4.46. The predicted octanol–water partition coefficient (Wildman–Crippen LogP) is 3.77. The molecule has 0 aliphatic heterocycles. The Morgan fingerprint density at radius 3 is 2.52 bits per heavy atom. The molecule has 1 saturated carbocycles. The number of aryl methyl sites for hydroxylation is 2. The fourth-order valence-electron chi connectivity index (χ4n) is 3.63. The van der Waals surface area contributed by atoms with E-state index in [1.165, 1.54) is 24.1 Å². The first-order valence-corrected chi connectivity index (χ1v) is 8.36. The normalized spacial score (nSPS) is 15.0. The molecule has 0 amide bonds. The van der Waals surface area contributed by atoms with E-state index in [1.807, 2.05) is 17.9 Å². The fraction of sp³-hybridized carbons (Fsp3) is 0.500. The van der Waals surface area contributed by atoms with Crippen LogP contribution in [0.2, 0.25) is 0 Å². The summed E-state index contributed by atoms with van der Waals surface area (Å²) in [6.45, 7) is 8.72. The van der Waals surface area contributed by atoms with Gasteiger partial charge in [0, 0.05) is 30.2 Å². The molecule has 0 bridgehead atoms. The molecule has 0 unspecified atom stereocenters. The quantitative estimate of drug-likeness (QED) is 0.740. The maximum Gasteiger partial charge on any atom is 0.181 e. The standard InChI is InChI=1S/C18H23N5/c1-10(2)16-11(3)20-23(12(16)4)15-8-14-9-22(5)21-18(14)19-17(15)13-6-7-13/h8-10,13H,6-7H2,1-5H3. The number of aromatic nitrogens is 5. The molecule has 0 saturated heterocycles. The lowest BCUT2D eigenvalue weighted by molar-refractivity contribution is 0.773. The van der Waals surface area contributed by atoms with Crippen LogP contribution in [-0.2, 0) is 7.05 Å². The SMILES string of the molecule is Cc1nn(-c2cc3cn(C)nc3nc2C2CC2)c(C)c1C(C)C. The summed E-state index contributed by atoms with van der Waals surface area (Å²) in [5, 5.41) is 10.4. The Morgan fingerprint density at radius 2 is 1.91 bits per heavy atom. The van der Waals surface area contributed by atoms with Crippen molar-refractivity contribution in [2.75, 3.05) is 0 Å². The van der Waals surface area contributed by atoms with Crippen molar-refractivity contribution >= 4 is 11.0 Å². The second kappa shape index (κ2) is 4.91. The summed E-state index contributed by atoms with van der Waals surface area (Å²) >= 11 is 0. The van der Waals surface area contributed by atoms with E-state index in [0.717, 1.165) is 28.1 Å². The molecule has 4 rings (SSSR count). The third-order valence-corrected chi connectivity index (χ3v) is 4.73. The van der Waals surface area contributed by atoms with Gasteiger partial charge in [0.25, 0.3) is 0 Å². The molecular weight excluding hydrogens is 286 g/mol. The van der Waals surface area contributed by atoms with Crippen molar-refractivity contribution in [3.05, 3.63) is 34.9 Å². The first-order chi connectivity index (χ1) is 11.0. The van der Waals surface area contributed by atoms with Crippen molar-refractivity contribution in [3.8, 4) is 5.69 Å². The number of hydrogen-bond acceptors (Lipinski definition) is 3. The van der Waals surface area contributed by atoms with Crippen molar-refractivity contribution in [1.82, 2.24) is 24.5 Å². The summed E-state index contributed by atoms with van der Waals surface area (Å²) < 4.78 is 3.93. The molecule has 1 aliphatic rings. The van der Waals surface area contributed by atoms with Gasteiger partial charge in [-0.2, -0.15) is 10.2 Å².